The van der Waals surface area contributed by atoms with Crippen LogP contribution in [0.25, 0.3) is 0 Å². The Labute approximate surface area is 112 Å². The Balaban J connectivity index is 1.88. The third kappa shape index (κ3) is 3.44. The van der Waals surface area contributed by atoms with Crippen molar-refractivity contribution in [2.24, 2.45) is 5.73 Å². The first-order chi connectivity index (χ1) is 8.61. The molecule has 1 saturated carbocycles. The van der Waals surface area contributed by atoms with Crippen molar-refractivity contribution >= 4 is 11.6 Å². The molecule has 2 nitrogen and oxygen atoms in total. The molecule has 100 valence electrons. The Morgan fingerprint density at radius 2 is 2.00 bits per heavy atom. The number of ether oxygens (including phenoxy) is 1. The number of rotatable bonds is 4. The highest BCUT2D eigenvalue weighted by molar-refractivity contribution is 6.31. The quantitative estimate of drug-likeness (QED) is 0.907. The molecule has 0 amide bonds. The molecule has 1 aliphatic carbocycles. The highest BCUT2D eigenvalue weighted by Gasteiger charge is 2.27. The Morgan fingerprint density at radius 3 is 2.67 bits per heavy atom. The van der Waals surface area contributed by atoms with Gasteiger partial charge in [-0.15, -0.1) is 0 Å². The monoisotopic (exact) mass is 271 g/mol. The fraction of sp³-hybridized carbons (Fsp3) is 0.571. The molecule has 0 heterocycles. The number of hydrogen-bond acceptors (Lipinski definition) is 2. The highest BCUT2D eigenvalue weighted by atomic mass is 35.5. The molecule has 1 aromatic carbocycles. The van der Waals surface area contributed by atoms with Crippen LogP contribution in [0, 0.1) is 5.82 Å². The van der Waals surface area contributed by atoms with E-state index in [2.05, 4.69) is 0 Å². The lowest BCUT2D eigenvalue weighted by Crippen LogP contribution is -2.46. The van der Waals surface area contributed by atoms with E-state index in [4.69, 9.17) is 22.1 Å². The van der Waals surface area contributed by atoms with E-state index in [-0.39, 0.29) is 18.0 Å². The fourth-order valence-electron chi connectivity index (χ4n) is 2.43. The SMILES string of the molecule is NC1(COCc2c(F)cccc2Cl)CCCCC1. The van der Waals surface area contributed by atoms with Crippen LogP contribution >= 0.6 is 11.6 Å². The molecule has 0 spiro atoms. The zero-order valence-electron chi connectivity index (χ0n) is 10.4. The van der Waals surface area contributed by atoms with Crippen molar-refractivity contribution in [1.82, 2.24) is 0 Å². The van der Waals surface area contributed by atoms with Crippen LogP contribution < -0.4 is 5.73 Å². The van der Waals surface area contributed by atoms with Gasteiger partial charge in [0, 0.05) is 16.1 Å². The second kappa shape index (κ2) is 6.00. The average molecular weight is 272 g/mol. The minimum absolute atomic E-state index is 0.185. The lowest BCUT2D eigenvalue weighted by atomic mass is 9.83. The van der Waals surface area contributed by atoms with Crippen LogP contribution in [0.1, 0.15) is 37.7 Å². The molecule has 4 heteroatoms. The first-order valence-electron chi connectivity index (χ1n) is 6.40. The van der Waals surface area contributed by atoms with Gasteiger partial charge in [0.25, 0.3) is 0 Å². The standard InChI is InChI=1S/C14H19ClFNO/c15-12-5-4-6-13(16)11(12)9-18-10-14(17)7-2-1-3-8-14/h4-6H,1-3,7-10,17H2. The Kier molecular flexibility index (Phi) is 4.60. The predicted octanol–water partition coefficient (Wildman–Crippen LogP) is 3.66. The molecule has 0 aromatic heterocycles. The maximum absolute atomic E-state index is 13.5. The molecule has 0 aliphatic heterocycles. The number of hydrogen-bond donors (Lipinski definition) is 1. The first-order valence-corrected chi connectivity index (χ1v) is 6.78. The van der Waals surface area contributed by atoms with Gasteiger partial charge in [-0.3, -0.25) is 0 Å². The third-order valence-corrected chi connectivity index (χ3v) is 3.90. The van der Waals surface area contributed by atoms with E-state index < -0.39 is 0 Å². The van der Waals surface area contributed by atoms with Crippen molar-refractivity contribution < 1.29 is 9.13 Å². The summed E-state index contributed by atoms with van der Waals surface area (Å²) in [5.74, 6) is -0.322. The van der Waals surface area contributed by atoms with Gasteiger partial charge in [-0.05, 0) is 25.0 Å². The van der Waals surface area contributed by atoms with E-state index in [1.54, 1.807) is 12.1 Å². The van der Waals surface area contributed by atoms with Crippen LogP contribution in [0.2, 0.25) is 5.02 Å². The number of nitrogens with two attached hydrogens (primary N) is 1. The van der Waals surface area contributed by atoms with Crippen molar-refractivity contribution in [3.8, 4) is 0 Å². The topological polar surface area (TPSA) is 35.2 Å². The van der Waals surface area contributed by atoms with E-state index >= 15 is 0 Å². The molecule has 2 N–H and O–H groups in total. The fourth-order valence-corrected chi connectivity index (χ4v) is 2.64. The highest BCUT2D eigenvalue weighted by Crippen LogP contribution is 2.27. The molecule has 0 atom stereocenters. The molecule has 1 aliphatic rings. The molecule has 1 fully saturated rings. The van der Waals surface area contributed by atoms with Crippen LogP contribution in [0.4, 0.5) is 4.39 Å². The third-order valence-electron chi connectivity index (χ3n) is 3.55. The van der Waals surface area contributed by atoms with Gasteiger partial charge in [-0.25, -0.2) is 4.39 Å². The summed E-state index contributed by atoms with van der Waals surface area (Å²) in [6, 6.07) is 4.65. The van der Waals surface area contributed by atoms with Crippen LogP contribution in [-0.4, -0.2) is 12.1 Å². The Bertz CT molecular complexity index is 385. The minimum Gasteiger partial charge on any atom is -0.375 e. The van der Waals surface area contributed by atoms with E-state index in [1.807, 2.05) is 0 Å². The van der Waals surface area contributed by atoms with Crippen LogP contribution in [0.15, 0.2) is 18.2 Å². The van der Waals surface area contributed by atoms with Crippen LogP contribution in [0.3, 0.4) is 0 Å². The average Bonchev–Trinajstić information content (AvgIpc) is 2.34. The van der Waals surface area contributed by atoms with E-state index in [1.165, 1.54) is 12.5 Å². The molecule has 0 saturated heterocycles. The van der Waals surface area contributed by atoms with Gasteiger partial charge < -0.3 is 10.5 Å². The van der Waals surface area contributed by atoms with Gasteiger partial charge in [0.15, 0.2) is 0 Å². The van der Waals surface area contributed by atoms with Gasteiger partial charge in [-0.1, -0.05) is 36.9 Å². The summed E-state index contributed by atoms with van der Waals surface area (Å²) in [6.07, 6.45) is 5.52. The molecule has 0 unspecified atom stereocenters. The summed E-state index contributed by atoms with van der Waals surface area (Å²) in [7, 11) is 0. The molecule has 18 heavy (non-hydrogen) atoms. The second-order valence-corrected chi connectivity index (χ2v) is 5.52. The first kappa shape index (κ1) is 13.8. The van der Waals surface area contributed by atoms with Crippen molar-refractivity contribution in [3.05, 3.63) is 34.6 Å². The molecule has 0 radical (unpaired) electrons. The van der Waals surface area contributed by atoms with Crippen molar-refractivity contribution in [1.29, 1.82) is 0 Å². The van der Waals surface area contributed by atoms with E-state index in [0.717, 1.165) is 25.7 Å². The maximum Gasteiger partial charge on any atom is 0.130 e. The van der Waals surface area contributed by atoms with Crippen molar-refractivity contribution in [3.63, 3.8) is 0 Å². The summed E-state index contributed by atoms with van der Waals surface area (Å²) in [4.78, 5) is 0. The molecule has 1 aromatic rings. The number of halogens is 2. The summed E-state index contributed by atoms with van der Waals surface area (Å²) >= 11 is 5.93. The summed E-state index contributed by atoms with van der Waals surface area (Å²) in [6.45, 7) is 0.655. The van der Waals surface area contributed by atoms with Gasteiger partial charge in [-0.2, -0.15) is 0 Å². The summed E-state index contributed by atoms with van der Waals surface area (Å²) in [5, 5.41) is 0.407. The van der Waals surface area contributed by atoms with E-state index in [0.29, 0.717) is 17.2 Å². The molecule has 0 bridgehead atoms. The largest absolute Gasteiger partial charge is 0.375 e. The molecular weight excluding hydrogens is 253 g/mol. The van der Waals surface area contributed by atoms with Crippen molar-refractivity contribution in [2.45, 2.75) is 44.2 Å². The second-order valence-electron chi connectivity index (χ2n) is 5.12. The van der Waals surface area contributed by atoms with Gasteiger partial charge in [0.2, 0.25) is 0 Å². The predicted molar refractivity (Wildman–Crippen MR) is 71.1 cm³/mol. The Hall–Kier alpha value is -0.640. The molecular formula is C14H19ClFNO. The van der Waals surface area contributed by atoms with Gasteiger partial charge in [0.1, 0.15) is 5.82 Å². The minimum atomic E-state index is -0.322. The zero-order chi connectivity index (χ0) is 13.0. The smallest absolute Gasteiger partial charge is 0.130 e. The Morgan fingerprint density at radius 1 is 1.28 bits per heavy atom. The van der Waals surface area contributed by atoms with E-state index in [9.17, 15) is 4.39 Å². The summed E-state index contributed by atoms with van der Waals surface area (Å²) < 4.78 is 19.1. The van der Waals surface area contributed by atoms with Crippen LogP contribution in [0.5, 0.6) is 0 Å². The maximum atomic E-state index is 13.5. The molecule has 2 rings (SSSR count). The number of benzene rings is 1. The summed E-state index contributed by atoms with van der Waals surface area (Å²) in [5.41, 5.74) is 6.42. The van der Waals surface area contributed by atoms with Crippen molar-refractivity contribution in [2.75, 3.05) is 6.61 Å². The van der Waals surface area contributed by atoms with Gasteiger partial charge >= 0.3 is 0 Å². The van der Waals surface area contributed by atoms with Crippen LogP contribution in [-0.2, 0) is 11.3 Å². The normalized spacial score (nSPS) is 18.8. The lowest BCUT2D eigenvalue weighted by Gasteiger charge is -2.33. The lowest BCUT2D eigenvalue weighted by molar-refractivity contribution is 0.0561. The van der Waals surface area contributed by atoms with Gasteiger partial charge in [0.05, 0.1) is 13.2 Å². The zero-order valence-corrected chi connectivity index (χ0v) is 11.2.